The van der Waals surface area contributed by atoms with Crippen molar-refractivity contribution >= 4 is 11.6 Å². The summed E-state index contributed by atoms with van der Waals surface area (Å²) in [6.45, 7) is 4.86. The van der Waals surface area contributed by atoms with E-state index in [1.54, 1.807) is 4.90 Å². The fourth-order valence-corrected chi connectivity index (χ4v) is 2.96. The van der Waals surface area contributed by atoms with Gasteiger partial charge in [-0.15, -0.1) is 0 Å². The summed E-state index contributed by atoms with van der Waals surface area (Å²) in [6.07, 6.45) is 0. The molecule has 0 bridgehead atoms. The lowest BCUT2D eigenvalue weighted by molar-refractivity contribution is 0.0746. The average Bonchev–Trinajstić information content (AvgIpc) is 2.64. The zero-order valence-electron chi connectivity index (χ0n) is 14.0. The number of hydrogen-bond acceptors (Lipinski definition) is 3. The zero-order chi connectivity index (χ0) is 17.8. The van der Waals surface area contributed by atoms with E-state index in [1.165, 1.54) is 6.07 Å². The lowest BCUT2D eigenvalue weighted by Gasteiger charge is -2.36. The number of carbonyl (C=O) groups is 1. The Morgan fingerprint density at radius 1 is 1.04 bits per heavy atom. The zero-order valence-corrected chi connectivity index (χ0v) is 14.0. The van der Waals surface area contributed by atoms with E-state index in [1.807, 2.05) is 31.2 Å². The molecule has 1 amide bonds. The number of halogens is 2. The van der Waals surface area contributed by atoms with Crippen LogP contribution in [0.1, 0.15) is 17.3 Å². The summed E-state index contributed by atoms with van der Waals surface area (Å²) in [5.41, 5.74) is 1.17. The number of para-hydroxylation sites is 2. The molecule has 1 aliphatic heterocycles. The fourth-order valence-electron chi connectivity index (χ4n) is 2.96. The maximum absolute atomic E-state index is 13.3. The minimum atomic E-state index is -1.00. The van der Waals surface area contributed by atoms with Gasteiger partial charge in [0.25, 0.3) is 5.91 Å². The predicted molar refractivity (Wildman–Crippen MR) is 92.1 cm³/mol. The number of hydrogen-bond donors (Lipinski definition) is 0. The Morgan fingerprint density at radius 2 is 1.76 bits per heavy atom. The number of nitrogens with zero attached hydrogens (tertiary/aromatic N) is 2. The quantitative estimate of drug-likeness (QED) is 0.851. The van der Waals surface area contributed by atoms with Crippen LogP contribution < -0.4 is 9.64 Å². The van der Waals surface area contributed by atoms with Gasteiger partial charge < -0.3 is 14.5 Å². The van der Waals surface area contributed by atoms with Gasteiger partial charge in [0.2, 0.25) is 0 Å². The number of benzene rings is 2. The molecule has 0 atom stereocenters. The molecule has 0 spiro atoms. The van der Waals surface area contributed by atoms with Crippen LogP contribution in [0.15, 0.2) is 42.5 Å². The molecule has 0 unspecified atom stereocenters. The molecule has 0 aliphatic carbocycles. The summed E-state index contributed by atoms with van der Waals surface area (Å²) in [5, 5.41) is 0. The van der Waals surface area contributed by atoms with Gasteiger partial charge in [-0.3, -0.25) is 4.79 Å². The Hall–Kier alpha value is -2.63. The Bertz CT molecular complexity index is 759. The topological polar surface area (TPSA) is 32.8 Å². The molecule has 3 rings (SSSR count). The van der Waals surface area contributed by atoms with E-state index in [0.29, 0.717) is 32.8 Å². The van der Waals surface area contributed by atoms with Crippen molar-refractivity contribution in [1.29, 1.82) is 0 Å². The predicted octanol–water partition coefficient (Wildman–Crippen LogP) is 3.33. The van der Waals surface area contributed by atoms with E-state index in [-0.39, 0.29) is 11.5 Å². The lowest BCUT2D eigenvalue weighted by Crippen LogP contribution is -2.48. The second-order valence-electron chi connectivity index (χ2n) is 5.81. The molecule has 1 saturated heterocycles. The van der Waals surface area contributed by atoms with Crippen molar-refractivity contribution in [1.82, 2.24) is 4.90 Å². The van der Waals surface area contributed by atoms with Gasteiger partial charge in [-0.1, -0.05) is 12.1 Å². The third kappa shape index (κ3) is 3.73. The first-order valence-electron chi connectivity index (χ1n) is 8.31. The number of anilines is 1. The number of rotatable bonds is 4. The minimum Gasteiger partial charge on any atom is -0.492 e. The van der Waals surface area contributed by atoms with Crippen LogP contribution in [-0.2, 0) is 0 Å². The molecule has 1 heterocycles. The van der Waals surface area contributed by atoms with Crippen LogP contribution in [0.3, 0.4) is 0 Å². The molecular weight excluding hydrogens is 326 g/mol. The van der Waals surface area contributed by atoms with E-state index in [2.05, 4.69) is 4.90 Å². The lowest BCUT2D eigenvalue weighted by atomic mass is 10.1. The van der Waals surface area contributed by atoms with Crippen molar-refractivity contribution in [2.45, 2.75) is 6.92 Å². The van der Waals surface area contributed by atoms with Gasteiger partial charge in [0.05, 0.1) is 12.3 Å². The van der Waals surface area contributed by atoms with E-state index >= 15 is 0 Å². The molecule has 0 saturated carbocycles. The van der Waals surface area contributed by atoms with Gasteiger partial charge in [0, 0.05) is 31.7 Å². The van der Waals surface area contributed by atoms with Gasteiger partial charge in [-0.25, -0.2) is 8.78 Å². The molecule has 0 aromatic heterocycles. The molecule has 25 heavy (non-hydrogen) atoms. The normalized spacial score (nSPS) is 14.5. The summed E-state index contributed by atoms with van der Waals surface area (Å²) in [4.78, 5) is 16.3. The number of amides is 1. The van der Waals surface area contributed by atoms with Crippen LogP contribution >= 0.6 is 0 Å². The van der Waals surface area contributed by atoms with Crippen molar-refractivity contribution in [3.8, 4) is 5.75 Å². The first kappa shape index (κ1) is 17.2. The first-order chi connectivity index (χ1) is 12.1. The highest BCUT2D eigenvalue weighted by Gasteiger charge is 2.24. The van der Waals surface area contributed by atoms with Crippen molar-refractivity contribution in [3.63, 3.8) is 0 Å². The summed E-state index contributed by atoms with van der Waals surface area (Å²) in [6, 6.07) is 11.1. The number of carbonyl (C=O) groups excluding carboxylic acids is 1. The molecule has 2 aromatic rings. The second kappa shape index (κ2) is 7.51. The van der Waals surface area contributed by atoms with Gasteiger partial charge in [0.1, 0.15) is 5.75 Å². The molecule has 1 aliphatic rings. The third-order valence-electron chi connectivity index (χ3n) is 4.24. The number of piperazine rings is 1. The highest BCUT2D eigenvalue weighted by Crippen LogP contribution is 2.29. The molecular formula is C19H20F2N2O2. The van der Waals surface area contributed by atoms with Crippen LogP contribution in [0.4, 0.5) is 14.5 Å². The van der Waals surface area contributed by atoms with Crippen LogP contribution in [-0.4, -0.2) is 43.6 Å². The third-order valence-corrected chi connectivity index (χ3v) is 4.24. The maximum atomic E-state index is 13.3. The standard InChI is InChI=1S/C19H20F2N2O2/c1-2-25-18-6-4-3-5-17(18)22-9-11-23(12-10-22)19(24)14-7-8-15(20)16(21)13-14/h3-8,13H,2,9-12H2,1H3. The summed E-state index contributed by atoms with van der Waals surface area (Å²) in [7, 11) is 0. The Balaban J connectivity index is 1.67. The van der Waals surface area contributed by atoms with Crippen molar-refractivity contribution < 1.29 is 18.3 Å². The van der Waals surface area contributed by atoms with Gasteiger partial charge in [-0.2, -0.15) is 0 Å². The van der Waals surface area contributed by atoms with E-state index in [9.17, 15) is 13.6 Å². The Labute approximate surface area is 145 Å². The van der Waals surface area contributed by atoms with Crippen LogP contribution in [0.2, 0.25) is 0 Å². The number of ether oxygens (including phenoxy) is 1. The van der Waals surface area contributed by atoms with Crippen LogP contribution in [0.25, 0.3) is 0 Å². The van der Waals surface area contributed by atoms with E-state index in [0.717, 1.165) is 23.6 Å². The second-order valence-corrected chi connectivity index (χ2v) is 5.81. The molecule has 132 valence electrons. The minimum absolute atomic E-state index is 0.169. The monoisotopic (exact) mass is 346 g/mol. The molecule has 4 nitrogen and oxygen atoms in total. The summed E-state index contributed by atoms with van der Waals surface area (Å²) in [5.74, 6) is -1.41. The molecule has 1 fully saturated rings. The summed E-state index contributed by atoms with van der Waals surface area (Å²) >= 11 is 0. The van der Waals surface area contributed by atoms with Gasteiger partial charge >= 0.3 is 0 Å². The summed E-state index contributed by atoms with van der Waals surface area (Å²) < 4.78 is 32.0. The van der Waals surface area contributed by atoms with Crippen LogP contribution in [0, 0.1) is 11.6 Å². The maximum Gasteiger partial charge on any atom is 0.254 e. The van der Waals surface area contributed by atoms with Crippen molar-refractivity contribution in [3.05, 3.63) is 59.7 Å². The van der Waals surface area contributed by atoms with E-state index in [4.69, 9.17) is 4.74 Å². The smallest absolute Gasteiger partial charge is 0.254 e. The molecule has 0 N–H and O–H groups in total. The largest absolute Gasteiger partial charge is 0.492 e. The van der Waals surface area contributed by atoms with Crippen molar-refractivity contribution in [2.24, 2.45) is 0 Å². The highest BCUT2D eigenvalue weighted by atomic mass is 19.2. The average molecular weight is 346 g/mol. The van der Waals surface area contributed by atoms with Crippen molar-refractivity contribution in [2.75, 3.05) is 37.7 Å². The van der Waals surface area contributed by atoms with Crippen LogP contribution in [0.5, 0.6) is 5.75 Å². The van der Waals surface area contributed by atoms with E-state index < -0.39 is 11.6 Å². The molecule has 6 heteroatoms. The van der Waals surface area contributed by atoms with Gasteiger partial charge in [0.15, 0.2) is 11.6 Å². The SMILES string of the molecule is CCOc1ccccc1N1CCN(C(=O)c2ccc(F)c(F)c2)CC1. The Morgan fingerprint density at radius 3 is 2.44 bits per heavy atom. The molecule has 2 aromatic carbocycles. The molecule has 0 radical (unpaired) electrons. The first-order valence-corrected chi connectivity index (χ1v) is 8.31. The van der Waals surface area contributed by atoms with Gasteiger partial charge in [-0.05, 0) is 37.3 Å². The Kier molecular flexibility index (Phi) is 5.16. The fraction of sp³-hybridized carbons (Fsp3) is 0.316. The highest BCUT2D eigenvalue weighted by molar-refractivity contribution is 5.94.